The molecule has 122 valence electrons. The lowest BCUT2D eigenvalue weighted by atomic mass is 10.1. The summed E-state index contributed by atoms with van der Waals surface area (Å²) in [5.74, 6) is -0.179. The van der Waals surface area contributed by atoms with Crippen LogP contribution in [0.1, 0.15) is 16.9 Å². The second kappa shape index (κ2) is 6.93. The van der Waals surface area contributed by atoms with Crippen LogP contribution >= 0.6 is 0 Å². The van der Waals surface area contributed by atoms with Crippen molar-refractivity contribution in [2.75, 3.05) is 0 Å². The van der Waals surface area contributed by atoms with Crippen molar-refractivity contribution in [1.82, 2.24) is 10.4 Å². The van der Waals surface area contributed by atoms with Crippen molar-refractivity contribution >= 4 is 5.91 Å². The monoisotopic (exact) mass is 318 g/mol. The van der Waals surface area contributed by atoms with Crippen LogP contribution in [0.5, 0.6) is 0 Å². The number of carbonyl (C=O) groups is 1. The average Bonchev–Trinajstić information content (AvgIpc) is 3.20. The van der Waals surface area contributed by atoms with Crippen LogP contribution in [-0.4, -0.2) is 33.6 Å². The minimum atomic E-state index is -1.69. The normalized spacial score (nSPS) is 16.8. The highest BCUT2D eigenvalue weighted by molar-refractivity contribution is 5.80. The van der Waals surface area contributed by atoms with E-state index in [1.165, 1.54) is 11.3 Å². The van der Waals surface area contributed by atoms with Crippen molar-refractivity contribution in [1.29, 1.82) is 0 Å². The van der Waals surface area contributed by atoms with Crippen molar-refractivity contribution in [3.63, 3.8) is 0 Å². The van der Waals surface area contributed by atoms with E-state index in [4.69, 9.17) is 9.25 Å². The first-order valence-corrected chi connectivity index (χ1v) is 7.28. The number of hydrogen-bond donors (Lipinski definition) is 3. The van der Waals surface area contributed by atoms with Gasteiger partial charge in [-0.2, -0.15) is 5.06 Å². The Kier molecular flexibility index (Phi) is 4.73. The van der Waals surface area contributed by atoms with Crippen LogP contribution in [0.25, 0.3) is 0 Å². The van der Waals surface area contributed by atoms with E-state index in [0.717, 1.165) is 11.1 Å². The van der Waals surface area contributed by atoms with Gasteiger partial charge in [0.25, 0.3) is 5.91 Å². The lowest BCUT2D eigenvalue weighted by Gasteiger charge is -2.22. The molecule has 0 saturated heterocycles. The first-order valence-electron chi connectivity index (χ1n) is 7.28. The molecule has 1 aliphatic rings. The molecule has 1 amide bonds. The van der Waals surface area contributed by atoms with Crippen LogP contribution in [-0.2, 0) is 29.3 Å². The molecule has 0 unspecified atom stereocenters. The van der Waals surface area contributed by atoms with E-state index in [9.17, 15) is 15.0 Å². The average molecular weight is 318 g/mol. The Balaban J connectivity index is 1.48. The summed E-state index contributed by atoms with van der Waals surface area (Å²) in [4.78, 5) is 17.1. The summed E-state index contributed by atoms with van der Waals surface area (Å²) >= 11 is 0. The number of furan rings is 1. The maximum Gasteiger partial charge on any atom is 0.254 e. The van der Waals surface area contributed by atoms with Crippen LogP contribution in [0.2, 0.25) is 0 Å². The number of nitrogens with one attached hydrogen (secondary N) is 1. The molecule has 1 aromatic carbocycles. The lowest BCUT2D eigenvalue weighted by molar-refractivity contribution is -0.291. The summed E-state index contributed by atoms with van der Waals surface area (Å²) in [5, 5.41) is 23.7. The number of rotatable bonds is 6. The summed E-state index contributed by atoms with van der Waals surface area (Å²) in [6, 6.07) is 11.2. The van der Waals surface area contributed by atoms with Gasteiger partial charge in [0.2, 0.25) is 6.29 Å². The Morgan fingerprint density at radius 2 is 1.91 bits per heavy atom. The summed E-state index contributed by atoms with van der Waals surface area (Å²) in [5.41, 5.74) is 2.19. The molecular weight excluding hydrogens is 300 g/mol. The van der Waals surface area contributed by atoms with E-state index >= 15 is 0 Å². The fraction of sp³-hybridized carbons (Fsp3) is 0.312. The molecule has 0 spiro atoms. The summed E-state index contributed by atoms with van der Waals surface area (Å²) in [7, 11) is 0. The zero-order chi connectivity index (χ0) is 16.2. The van der Waals surface area contributed by atoms with Gasteiger partial charge in [0.05, 0.1) is 12.8 Å². The molecule has 0 saturated carbocycles. The first kappa shape index (κ1) is 15.7. The molecule has 1 aliphatic heterocycles. The van der Waals surface area contributed by atoms with Gasteiger partial charge in [-0.1, -0.05) is 24.3 Å². The van der Waals surface area contributed by atoms with Gasteiger partial charge in [0.15, 0.2) is 6.10 Å². The Morgan fingerprint density at radius 1 is 1.22 bits per heavy atom. The Hall–Kier alpha value is -2.19. The third-order valence-corrected chi connectivity index (χ3v) is 3.62. The smallest absolute Gasteiger partial charge is 0.254 e. The molecule has 0 aliphatic carbocycles. The van der Waals surface area contributed by atoms with Crippen LogP contribution in [0.4, 0.5) is 0 Å². The number of hydroxylamine groups is 2. The van der Waals surface area contributed by atoms with Gasteiger partial charge >= 0.3 is 0 Å². The fourth-order valence-electron chi connectivity index (χ4n) is 2.41. The second-order valence-electron chi connectivity index (χ2n) is 5.30. The predicted molar refractivity (Wildman–Crippen MR) is 79.3 cm³/mol. The van der Waals surface area contributed by atoms with Crippen LogP contribution in [0.15, 0.2) is 47.1 Å². The summed E-state index contributed by atoms with van der Waals surface area (Å²) < 4.78 is 5.07. The van der Waals surface area contributed by atoms with Crippen LogP contribution in [0.3, 0.4) is 0 Å². The minimum Gasteiger partial charge on any atom is -0.467 e. The second-order valence-corrected chi connectivity index (χ2v) is 5.30. The molecule has 0 radical (unpaired) electrons. The van der Waals surface area contributed by atoms with E-state index in [2.05, 4.69) is 5.32 Å². The molecule has 3 rings (SSSR count). The van der Waals surface area contributed by atoms with Gasteiger partial charge < -0.3 is 19.9 Å². The van der Waals surface area contributed by atoms with Gasteiger partial charge in [0.1, 0.15) is 5.76 Å². The number of nitrogens with zero attached hydrogens (tertiary/aromatic N) is 1. The maximum atomic E-state index is 11.8. The Morgan fingerprint density at radius 3 is 2.52 bits per heavy atom. The van der Waals surface area contributed by atoms with Crippen molar-refractivity contribution < 1.29 is 24.3 Å². The van der Waals surface area contributed by atoms with Crippen molar-refractivity contribution in [3.8, 4) is 0 Å². The molecule has 2 heterocycles. The predicted octanol–water partition coefficient (Wildman–Crippen LogP) is 0.522. The van der Waals surface area contributed by atoms with Gasteiger partial charge in [-0.15, -0.1) is 0 Å². The first-order chi connectivity index (χ1) is 11.1. The van der Waals surface area contributed by atoms with Crippen LogP contribution < -0.4 is 5.32 Å². The van der Waals surface area contributed by atoms with E-state index in [0.29, 0.717) is 18.8 Å². The molecule has 7 heteroatoms. The number of fused-ring (bicyclic) bond motifs is 1. The highest BCUT2D eigenvalue weighted by Crippen LogP contribution is 2.23. The number of amides is 1. The van der Waals surface area contributed by atoms with E-state index < -0.39 is 18.3 Å². The number of hydrogen-bond acceptors (Lipinski definition) is 6. The standard InChI is InChI=1S/C16H18N2O5/c19-14(15(20)17-8-13-6-3-7-22-13)16(21)23-18-9-11-4-1-2-5-12(11)10-18/h1-7,14,16,19,21H,8-10H2,(H,17,20)/t14-,16-/m0/s1. The van der Waals surface area contributed by atoms with Crippen molar-refractivity contribution in [3.05, 3.63) is 59.5 Å². The molecule has 7 nitrogen and oxygen atoms in total. The third kappa shape index (κ3) is 3.77. The maximum absolute atomic E-state index is 11.8. The largest absolute Gasteiger partial charge is 0.467 e. The lowest BCUT2D eigenvalue weighted by Crippen LogP contribution is -2.45. The van der Waals surface area contributed by atoms with Gasteiger partial charge in [-0.3, -0.25) is 9.63 Å². The molecule has 1 aromatic heterocycles. The quantitative estimate of drug-likeness (QED) is 0.672. The van der Waals surface area contributed by atoms with Gasteiger partial charge in [0, 0.05) is 13.1 Å². The fourth-order valence-corrected chi connectivity index (χ4v) is 2.41. The zero-order valence-electron chi connectivity index (χ0n) is 12.4. The number of aliphatic hydroxyl groups is 2. The topological polar surface area (TPSA) is 95.2 Å². The number of carbonyl (C=O) groups excluding carboxylic acids is 1. The molecule has 0 fully saturated rings. The minimum absolute atomic E-state index is 0.130. The Labute approximate surface area is 133 Å². The molecule has 2 aromatic rings. The highest BCUT2D eigenvalue weighted by atomic mass is 16.8. The molecule has 23 heavy (non-hydrogen) atoms. The zero-order valence-corrected chi connectivity index (χ0v) is 12.4. The van der Waals surface area contributed by atoms with Crippen molar-refractivity contribution in [2.24, 2.45) is 0 Å². The highest BCUT2D eigenvalue weighted by Gasteiger charge is 2.29. The van der Waals surface area contributed by atoms with E-state index in [1.807, 2.05) is 24.3 Å². The molecular formula is C16H18N2O5. The molecule has 2 atom stereocenters. The molecule has 0 bridgehead atoms. The van der Waals surface area contributed by atoms with E-state index in [-0.39, 0.29) is 6.54 Å². The number of aliphatic hydroxyl groups excluding tert-OH is 2. The third-order valence-electron chi connectivity index (χ3n) is 3.62. The SMILES string of the molecule is O=C(NCc1ccco1)[C@H](O)[C@@H](O)ON1Cc2ccccc2C1. The molecule has 3 N–H and O–H groups in total. The van der Waals surface area contributed by atoms with Crippen molar-refractivity contribution in [2.45, 2.75) is 32.0 Å². The van der Waals surface area contributed by atoms with Gasteiger partial charge in [-0.25, -0.2) is 0 Å². The number of benzene rings is 1. The van der Waals surface area contributed by atoms with Crippen LogP contribution in [0, 0.1) is 0 Å². The van der Waals surface area contributed by atoms with E-state index in [1.54, 1.807) is 12.1 Å². The van der Waals surface area contributed by atoms with Gasteiger partial charge in [-0.05, 0) is 23.3 Å². The summed E-state index contributed by atoms with van der Waals surface area (Å²) in [6.07, 6.45) is -1.84. The Bertz CT molecular complexity index is 633. The summed E-state index contributed by atoms with van der Waals surface area (Å²) in [6.45, 7) is 1.12.